The van der Waals surface area contributed by atoms with Crippen LogP contribution in [0.5, 0.6) is 0 Å². The Labute approximate surface area is 185 Å². The summed E-state index contributed by atoms with van der Waals surface area (Å²) >= 11 is 1.69. The maximum absolute atomic E-state index is 12.2. The number of hydrogen-bond acceptors (Lipinski definition) is 4. The summed E-state index contributed by atoms with van der Waals surface area (Å²) in [6, 6.07) is 6.50. The second-order valence-corrected chi connectivity index (χ2v) is 7.06. The molecular weight excluding hydrogens is 402 g/mol. The second-order valence-electron chi connectivity index (χ2n) is 6.03. The smallest absolute Gasteiger partial charge is 0.182 e. The van der Waals surface area contributed by atoms with Gasteiger partial charge >= 0.3 is 0 Å². The number of anilines is 1. The van der Waals surface area contributed by atoms with Gasteiger partial charge in [-0.3, -0.25) is 4.79 Å². The van der Waals surface area contributed by atoms with Crippen LogP contribution >= 0.6 is 11.3 Å². The monoisotopic (exact) mass is 438 g/mol. The van der Waals surface area contributed by atoms with Crippen molar-refractivity contribution < 1.29 is 13.6 Å². The first-order valence-corrected chi connectivity index (χ1v) is 10.8. The molecule has 0 aliphatic carbocycles. The molecule has 0 bridgehead atoms. The topological polar surface area (TPSA) is 42.0 Å². The summed E-state index contributed by atoms with van der Waals surface area (Å²) in [7, 11) is 1.89. The highest BCUT2D eigenvalue weighted by Crippen LogP contribution is 2.31. The predicted molar refractivity (Wildman–Crippen MR) is 129 cm³/mol. The number of aryl methyl sites for hydroxylation is 2. The Kier molecular flexibility index (Phi) is 17.4. The molecule has 1 aromatic carbocycles. The number of nitrogens with one attached hydrogen (secondary N) is 1. The molecule has 1 aromatic heterocycles. The Hall–Kier alpha value is -2.34. The van der Waals surface area contributed by atoms with E-state index in [0.717, 1.165) is 5.13 Å². The summed E-state index contributed by atoms with van der Waals surface area (Å²) < 4.78 is 23.5. The molecule has 0 amide bonds. The number of allylic oxidation sites excluding steroid dienone is 4. The molecule has 2 aromatic rings. The lowest BCUT2D eigenvalue weighted by Crippen LogP contribution is -1.83. The number of carbonyl (C=O) groups excluding carboxylic acids is 1. The first-order chi connectivity index (χ1) is 14.2. The Balaban J connectivity index is 0. The fourth-order valence-electron chi connectivity index (χ4n) is 1.86. The van der Waals surface area contributed by atoms with E-state index >= 15 is 0 Å². The minimum absolute atomic E-state index is 0.120. The average Bonchev–Trinajstić information content (AvgIpc) is 3.25. The van der Waals surface area contributed by atoms with E-state index in [4.69, 9.17) is 0 Å². The van der Waals surface area contributed by atoms with Crippen LogP contribution in [0.2, 0.25) is 0 Å². The molecule has 0 aliphatic heterocycles. The molecule has 2 rings (SSSR count). The number of carbonyl (C=O) groups is 1. The summed E-state index contributed by atoms with van der Waals surface area (Å²) in [6.07, 6.45) is 4.18. The van der Waals surface area contributed by atoms with Crippen molar-refractivity contribution in [1.29, 1.82) is 0 Å². The molecule has 0 fully saturated rings. The Bertz CT molecular complexity index is 807. The predicted octanol–water partition coefficient (Wildman–Crippen LogP) is 8.21. The third-order valence-electron chi connectivity index (χ3n) is 3.69. The fraction of sp³-hybridized carbons (Fsp3) is 0.417. The van der Waals surface area contributed by atoms with E-state index in [-0.39, 0.29) is 17.2 Å². The van der Waals surface area contributed by atoms with Crippen molar-refractivity contribution in [2.75, 3.05) is 12.4 Å². The first kappa shape index (κ1) is 29.9. The van der Waals surface area contributed by atoms with Crippen molar-refractivity contribution >= 4 is 22.8 Å². The third kappa shape index (κ3) is 12.3. The summed E-state index contributed by atoms with van der Waals surface area (Å²) in [5.41, 5.74) is 4.07. The number of nitrogens with zero attached hydrogens (tertiary/aromatic N) is 1. The number of benzene rings is 1. The van der Waals surface area contributed by atoms with Crippen molar-refractivity contribution in [3.63, 3.8) is 0 Å². The van der Waals surface area contributed by atoms with Crippen LogP contribution < -0.4 is 5.32 Å². The van der Waals surface area contributed by atoms with E-state index in [1.165, 1.54) is 41.5 Å². The maximum atomic E-state index is 12.2. The molecule has 6 heteroatoms. The van der Waals surface area contributed by atoms with Gasteiger partial charge in [0.2, 0.25) is 0 Å². The SMILES string of the molecule is C/C=C(\C)F.CC.CC/C(F)=C(\C)C=O.CNc1ncc(-c2cc(C)ccc2C)s1. The molecule has 0 atom stereocenters. The third-order valence-corrected chi connectivity index (χ3v) is 4.74. The Morgan fingerprint density at radius 1 is 1.20 bits per heavy atom. The van der Waals surface area contributed by atoms with Crippen molar-refractivity contribution in [1.82, 2.24) is 4.98 Å². The van der Waals surface area contributed by atoms with Crippen LogP contribution in [-0.2, 0) is 4.79 Å². The zero-order valence-corrected chi connectivity index (χ0v) is 20.5. The van der Waals surface area contributed by atoms with Gasteiger partial charge < -0.3 is 5.32 Å². The highest BCUT2D eigenvalue weighted by Gasteiger charge is 2.06. The van der Waals surface area contributed by atoms with E-state index in [1.54, 1.807) is 25.2 Å². The first-order valence-electron chi connectivity index (χ1n) is 10.00. The molecule has 1 heterocycles. The Morgan fingerprint density at radius 2 is 1.77 bits per heavy atom. The van der Waals surface area contributed by atoms with E-state index in [2.05, 4.69) is 42.3 Å². The summed E-state index contributed by atoms with van der Waals surface area (Å²) in [5.74, 6) is -0.440. The van der Waals surface area contributed by atoms with Crippen molar-refractivity contribution in [3.8, 4) is 10.4 Å². The largest absolute Gasteiger partial charge is 0.365 e. The number of halogens is 2. The van der Waals surface area contributed by atoms with Gasteiger partial charge in [0.05, 0.1) is 10.7 Å². The molecule has 3 nitrogen and oxygen atoms in total. The maximum Gasteiger partial charge on any atom is 0.182 e. The van der Waals surface area contributed by atoms with Crippen LogP contribution in [0.15, 0.2) is 47.7 Å². The van der Waals surface area contributed by atoms with Gasteiger partial charge in [-0.25, -0.2) is 13.8 Å². The number of rotatable bonds is 4. The summed E-state index contributed by atoms with van der Waals surface area (Å²) in [6.45, 7) is 14.5. The quantitative estimate of drug-likeness (QED) is 0.386. The van der Waals surface area contributed by atoms with Crippen LogP contribution in [0.3, 0.4) is 0 Å². The summed E-state index contributed by atoms with van der Waals surface area (Å²) in [5, 5.41) is 4.02. The highest BCUT2D eigenvalue weighted by atomic mass is 32.1. The minimum atomic E-state index is -0.319. The van der Waals surface area contributed by atoms with Crippen molar-refractivity contribution in [3.05, 3.63) is 58.8 Å². The molecule has 0 aliphatic rings. The second kappa shape index (κ2) is 17.5. The lowest BCUT2D eigenvalue weighted by molar-refractivity contribution is -0.105. The van der Waals surface area contributed by atoms with E-state index in [9.17, 15) is 13.6 Å². The molecular formula is C24H36F2N2OS. The summed E-state index contributed by atoms with van der Waals surface area (Å²) in [4.78, 5) is 15.3. The molecule has 0 unspecified atom stereocenters. The molecule has 0 saturated heterocycles. The van der Waals surface area contributed by atoms with Crippen molar-refractivity contribution in [2.24, 2.45) is 0 Å². The average molecular weight is 439 g/mol. The van der Waals surface area contributed by atoms with Crippen LogP contribution in [0.4, 0.5) is 13.9 Å². The minimum Gasteiger partial charge on any atom is -0.365 e. The van der Waals surface area contributed by atoms with E-state index in [0.29, 0.717) is 12.7 Å². The zero-order chi connectivity index (χ0) is 23.7. The Morgan fingerprint density at radius 3 is 2.13 bits per heavy atom. The number of aldehydes is 1. The van der Waals surface area contributed by atoms with E-state index < -0.39 is 0 Å². The molecule has 30 heavy (non-hydrogen) atoms. The standard InChI is InChI=1S/C12H14N2S.C6H9FO.C4H7F.C2H6/c1-8-4-5-9(2)10(6-8)11-7-14-12(13-3)15-11;1-3-6(7)5(2)4-8;1-3-4(2)5;1-2/h4-7H,1-3H3,(H,13,14);4H,3H2,1-2H3;3H,1-2H3;1-2H3/b;6-5-;4-3+;. The van der Waals surface area contributed by atoms with Crippen LogP contribution in [0, 0.1) is 13.8 Å². The molecule has 0 spiro atoms. The van der Waals surface area contributed by atoms with Crippen LogP contribution in [0.1, 0.15) is 59.1 Å². The molecule has 0 saturated carbocycles. The number of hydrogen-bond donors (Lipinski definition) is 1. The van der Waals surface area contributed by atoms with Crippen molar-refractivity contribution in [2.45, 2.75) is 61.8 Å². The lowest BCUT2D eigenvalue weighted by Gasteiger charge is -2.03. The van der Waals surface area contributed by atoms with Crippen LogP contribution in [0.25, 0.3) is 10.4 Å². The molecule has 1 N–H and O–H groups in total. The normalized spacial score (nSPS) is 10.8. The lowest BCUT2D eigenvalue weighted by atomic mass is 10.1. The molecule has 168 valence electrons. The fourth-order valence-corrected chi connectivity index (χ4v) is 2.71. The zero-order valence-electron chi connectivity index (χ0n) is 19.7. The van der Waals surface area contributed by atoms with Gasteiger partial charge in [-0.15, -0.1) is 0 Å². The van der Waals surface area contributed by atoms with Gasteiger partial charge in [-0.2, -0.15) is 0 Å². The molecule has 0 radical (unpaired) electrons. The van der Waals surface area contributed by atoms with Gasteiger partial charge in [0.1, 0.15) is 12.1 Å². The van der Waals surface area contributed by atoms with E-state index in [1.807, 2.05) is 27.1 Å². The van der Waals surface area contributed by atoms with Gasteiger partial charge in [-0.05, 0) is 52.2 Å². The number of aromatic nitrogens is 1. The van der Waals surface area contributed by atoms with Gasteiger partial charge in [0.15, 0.2) is 5.13 Å². The van der Waals surface area contributed by atoms with Gasteiger partial charge in [-0.1, -0.05) is 61.9 Å². The van der Waals surface area contributed by atoms with Gasteiger partial charge in [0.25, 0.3) is 0 Å². The van der Waals surface area contributed by atoms with Gasteiger partial charge in [0, 0.05) is 18.8 Å². The number of thiazole rings is 1. The van der Waals surface area contributed by atoms with Crippen LogP contribution in [-0.4, -0.2) is 18.3 Å². The highest BCUT2D eigenvalue weighted by molar-refractivity contribution is 7.18.